The van der Waals surface area contributed by atoms with E-state index in [0.29, 0.717) is 17.3 Å². The minimum absolute atomic E-state index is 0.128. The summed E-state index contributed by atoms with van der Waals surface area (Å²) in [6.45, 7) is 0. The molecule has 0 spiro atoms. The van der Waals surface area contributed by atoms with Crippen LogP contribution < -0.4 is 14.8 Å². The predicted octanol–water partition coefficient (Wildman–Crippen LogP) is 1.93. The van der Waals surface area contributed by atoms with E-state index in [1.807, 2.05) is 0 Å². The van der Waals surface area contributed by atoms with Crippen LogP contribution in [-0.4, -0.2) is 27.6 Å². The van der Waals surface area contributed by atoms with E-state index in [2.05, 4.69) is 15.0 Å². The molecule has 0 atom stereocenters. The van der Waals surface area contributed by atoms with Gasteiger partial charge in [0.25, 0.3) is 10.0 Å². The molecule has 1 aromatic carbocycles. The van der Waals surface area contributed by atoms with E-state index in [9.17, 15) is 8.42 Å². The molecule has 7 heteroatoms. The first-order valence-electron chi connectivity index (χ1n) is 5.86. The van der Waals surface area contributed by atoms with Crippen LogP contribution in [0.3, 0.4) is 0 Å². The van der Waals surface area contributed by atoms with Crippen molar-refractivity contribution in [1.82, 2.24) is 4.98 Å². The molecule has 0 amide bonds. The van der Waals surface area contributed by atoms with Crippen molar-refractivity contribution in [2.75, 3.05) is 24.2 Å². The SMILES string of the molecule is CNc1cc(S(=O)(=O)Nc2ccccc2OC)ccn1. The van der Waals surface area contributed by atoms with Gasteiger partial charge in [-0.1, -0.05) is 12.1 Å². The number of benzene rings is 1. The number of ether oxygens (including phenoxy) is 1. The van der Waals surface area contributed by atoms with Gasteiger partial charge in [0.05, 0.1) is 17.7 Å². The third-order valence-electron chi connectivity index (χ3n) is 2.65. The Labute approximate surface area is 117 Å². The Balaban J connectivity index is 2.35. The Morgan fingerprint density at radius 2 is 1.95 bits per heavy atom. The van der Waals surface area contributed by atoms with Gasteiger partial charge in [-0.15, -0.1) is 0 Å². The average molecular weight is 293 g/mol. The lowest BCUT2D eigenvalue weighted by molar-refractivity contribution is 0.417. The normalized spacial score (nSPS) is 10.9. The molecular formula is C13H15N3O3S. The largest absolute Gasteiger partial charge is 0.495 e. The Hall–Kier alpha value is -2.28. The van der Waals surface area contributed by atoms with Crippen LogP contribution in [0.4, 0.5) is 11.5 Å². The first kappa shape index (κ1) is 14.1. The molecule has 1 aromatic heterocycles. The molecule has 0 aliphatic rings. The van der Waals surface area contributed by atoms with Crippen molar-refractivity contribution >= 4 is 21.5 Å². The maximum absolute atomic E-state index is 12.3. The minimum atomic E-state index is -3.69. The van der Waals surface area contributed by atoms with Gasteiger partial charge in [0, 0.05) is 19.3 Å². The maximum Gasteiger partial charge on any atom is 0.262 e. The second-order valence-corrected chi connectivity index (χ2v) is 5.61. The highest BCUT2D eigenvalue weighted by Crippen LogP contribution is 2.26. The fraction of sp³-hybridized carbons (Fsp3) is 0.154. The van der Waals surface area contributed by atoms with E-state index in [0.717, 1.165) is 0 Å². The summed E-state index contributed by atoms with van der Waals surface area (Å²) in [6, 6.07) is 9.70. The van der Waals surface area contributed by atoms with E-state index in [1.165, 1.54) is 25.4 Å². The van der Waals surface area contributed by atoms with Crippen LogP contribution in [0.15, 0.2) is 47.5 Å². The van der Waals surface area contributed by atoms with Crippen molar-refractivity contribution in [2.24, 2.45) is 0 Å². The van der Waals surface area contributed by atoms with Gasteiger partial charge >= 0.3 is 0 Å². The maximum atomic E-state index is 12.3. The van der Waals surface area contributed by atoms with Gasteiger partial charge in [-0.05, 0) is 18.2 Å². The lowest BCUT2D eigenvalue weighted by atomic mass is 10.3. The molecule has 1 heterocycles. The molecule has 0 fully saturated rings. The summed E-state index contributed by atoms with van der Waals surface area (Å²) in [7, 11) is -0.531. The lowest BCUT2D eigenvalue weighted by Crippen LogP contribution is -2.14. The van der Waals surface area contributed by atoms with E-state index in [1.54, 1.807) is 31.3 Å². The van der Waals surface area contributed by atoms with Gasteiger partial charge in [0.1, 0.15) is 11.6 Å². The first-order valence-corrected chi connectivity index (χ1v) is 7.35. The van der Waals surface area contributed by atoms with E-state index < -0.39 is 10.0 Å². The molecule has 6 nitrogen and oxygen atoms in total. The molecule has 2 aromatic rings. The van der Waals surface area contributed by atoms with E-state index in [-0.39, 0.29) is 4.90 Å². The number of nitrogens with one attached hydrogen (secondary N) is 2. The van der Waals surface area contributed by atoms with Gasteiger partial charge in [-0.3, -0.25) is 4.72 Å². The molecule has 0 bridgehead atoms. The van der Waals surface area contributed by atoms with Gasteiger partial charge in [0.2, 0.25) is 0 Å². The third-order valence-corrected chi connectivity index (χ3v) is 4.01. The molecule has 0 aliphatic heterocycles. The van der Waals surface area contributed by atoms with Crippen LogP contribution in [-0.2, 0) is 10.0 Å². The second kappa shape index (κ2) is 5.79. The fourth-order valence-corrected chi connectivity index (χ4v) is 2.73. The topological polar surface area (TPSA) is 80.3 Å². The Morgan fingerprint density at radius 1 is 1.20 bits per heavy atom. The van der Waals surface area contributed by atoms with E-state index in [4.69, 9.17) is 4.74 Å². The van der Waals surface area contributed by atoms with Gasteiger partial charge in [-0.2, -0.15) is 0 Å². The van der Waals surface area contributed by atoms with Crippen molar-refractivity contribution in [1.29, 1.82) is 0 Å². The summed E-state index contributed by atoms with van der Waals surface area (Å²) in [4.78, 5) is 4.11. The van der Waals surface area contributed by atoms with Crippen LogP contribution in [0.2, 0.25) is 0 Å². The number of rotatable bonds is 5. The molecule has 2 rings (SSSR count). The number of hydrogen-bond donors (Lipinski definition) is 2. The highest BCUT2D eigenvalue weighted by Gasteiger charge is 2.16. The average Bonchev–Trinajstić information content (AvgIpc) is 2.47. The molecule has 106 valence electrons. The highest BCUT2D eigenvalue weighted by atomic mass is 32.2. The van der Waals surface area contributed by atoms with Crippen LogP contribution in [0.25, 0.3) is 0 Å². The predicted molar refractivity (Wildman–Crippen MR) is 77.6 cm³/mol. The molecule has 20 heavy (non-hydrogen) atoms. The molecule has 0 aliphatic carbocycles. The second-order valence-electron chi connectivity index (χ2n) is 3.93. The highest BCUT2D eigenvalue weighted by molar-refractivity contribution is 7.92. The van der Waals surface area contributed by atoms with Crippen molar-refractivity contribution in [3.05, 3.63) is 42.6 Å². The molecule has 0 saturated carbocycles. The molecular weight excluding hydrogens is 278 g/mol. The van der Waals surface area contributed by atoms with Crippen molar-refractivity contribution in [3.63, 3.8) is 0 Å². The fourth-order valence-electron chi connectivity index (χ4n) is 1.65. The number of nitrogens with zero attached hydrogens (tertiary/aromatic N) is 1. The van der Waals surface area contributed by atoms with E-state index >= 15 is 0 Å². The first-order chi connectivity index (χ1) is 9.56. The lowest BCUT2D eigenvalue weighted by Gasteiger charge is -2.12. The smallest absolute Gasteiger partial charge is 0.262 e. The summed E-state index contributed by atoms with van der Waals surface area (Å²) >= 11 is 0. The third kappa shape index (κ3) is 3.00. The number of hydrogen-bond acceptors (Lipinski definition) is 5. The molecule has 2 N–H and O–H groups in total. The quantitative estimate of drug-likeness (QED) is 0.880. The minimum Gasteiger partial charge on any atom is -0.495 e. The summed E-state index contributed by atoms with van der Waals surface area (Å²) < 4.78 is 32.2. The van der Waals surface area contributed by atoms with Crippen LogP contribution >= 0.6 is 0 Å². The summed E-state index contributed by atoms with van der Waals surface area (Å²) in [5, 5.41) is 2.80. The van der Waals surface area contributed by atoms with Gasteiger partial charge in [0.15, 0.2) is 0 Å². The standard InChI is InChI=1S/C13H15N3O3S/c1-14-13-9-10(7-8-15-13)20(17,18)16-11-5-3-4-6-12(11)19-2/h3-9,16H,1-2H3,(H,14,15). The monoisotopic (exact) mass is 293 g/mol. The van der Waals surface area contributed by atoms with Crippen LogP contribution in [0.1, 0.15) is 0 Å². The van der Waals surface area contributed by atoms with Crippen molar-refractivity contribution in [3.8, 4) is 5.75 Å². The summed E-state index contributed by atoms with van der Waals surface area (Å²) in [5.74, 6) is 0.937. The van der Waals surface area contributed by atoms with Crippen molar-refractivity contribution in [2.45, 2.75) is 4.90 Å². The Bertz CT molecular complexity index is 702. The number of sulfonamides is 1. The van der Waals surface area contributed by atoms with Crippen LogP contribution in [0.5, 0.6) is 5.75 Å². The molecule has 0 unspecified atom stereocenters. The Morgan fingerprint density at radius 3 is 2.65 bits per heavy atom. The molecule has 0 saturated heterocycles. The zero-order valence-electron chi connectivity index (χ0n) is 11.1. The number of pyridine rings is 1. The Kier molecular flexibility index (Phi) is 4.09. The molecule has 0 radical (unpaired) electrons. The number of methoxy groups -OCH3 is 1. The van der Waals surface area contributed by atoms with Gasteiger partial charge in [-0.25, -0.2) is 13.4 Å². The summed E-state index contributed by atoms with van der Waals surface area (Å²) in [5.41, 5.74) is 0.387. The number of aromatic nitrogens is 1. The zero-order valence-corrected chi connectivity index (χ0v) is 11.9. The van der Waals surface area contributed by atoms with Crippen molar-refractivity contribution < 1.29 is 13.2 Å². The zero-order chi connectivity index (χ0) is 14.6. The number of anilines is 2. The van der Waals surface area contributed by atoms with Gasteiger partial charge < -0.3 is 10.1 Å². The summed E-state index contributed by atoms with van der Waals surface area (Å²) in [6.07, 6.45) is 1.43. The number of para-hydroxylation sites is 2. The van der Waals surface area contributed by atoms with Crippen LogP contribution in [0, 0.1) is 0 Å².